The summed E-state index contributed by atoms with van der Waals surface area (Å²) in [5, 5.41) is 19.6. The van der Waals surface area contributed by atoms with Crippen molar-refractivity contribution in [2.75, 3.05) is 0 Å². The second kappa shape index (κ2) is 5.15. The van der Waals surface area contributed by atoms with Crippen molar-refractivity contribution in [2.45, 2.75) is 26.3 Å². The molecule has 0 aliphatic carbocycles. The standard InChI is InChI=1S/C10H14N2O3/c1-7(2)10(3,6-11)12-8(13)4-5-9(14)15/h4-5,7H,1-3H3,(H,12,13)(H,14,15). The molecule has 0 aromatic rings. The molecule has 5 nitrogen and oxygen atoms in total. The zero-order valence-corrected chi connectivity index (χ0v) is 8.94. The Morgan fingerprint density at radius 3 is 2.33 bits per heavy atom. The van der Waals surface area contributed by atoms with Gasteiger partial charge in [-0.05, 0) is 12.8 Å². The minimum atomic E-state index is -1.20. The SMILES string of the molecule is CC(C)C(C)(C#N)NC(=O)C=CC(=O)O. The van der Waals surface area contributed by atoms with Crippen LogP contribution < -0.4 is 5.32 Å². The lowest BCUT2D eigenvalue weighted by Gasteiger charge is -2.26. The number of nitrogens with zero attached hydrogens (tertiary/aromatic N) is 1. The number of rotatable bonds is 4. The van der Waals surface area contributed by atoms with Crippen LogP contribution in [0.15, 0.2) is 12.2 Å². The molecule has 0 radical (unpaired) electrons. The van der Waals surface area contributed by atoms with Gasteiger partial charge in [0.1, 0.15) is 5.54 Å². The van der Waals surface area contributed by atoms with E-state index in [1.54, 1.807) is 20.8 Å². The van der Waals surface area contributed by atoms with Gasteiger partial charge in [0.05, 0.1) is 6.07 Å². The minimum absolute atomic E-state index is 0.0651. The van der Waals surface area contributed by atoms with Crippen molar-refractivity contribution in [1.29, 1.82) is 5.26 Å². The number of nitrogens with one attached hydrogen (secondary N) is 1. The summed E-state index contributed by atoms with van der Waals surface area (Å²) in [7, 11) is 0. The number of carboxylic acids is 1. The molecule has 82 valence electrons. The zero-order valence-electron chi connectivity index (χ0n) is 8.94. The Morgan fingerprint density at radius 1 is 1.47 bits per heavy atom. The number of carboxylic acid groups (broad SMARTS) is 1. The van der Waals surface area contributed by atoms with Gasteiger partial charge < -0.3 is 10.4 Å². The molecule has 0 aromatic heterocycles. The summed E-state index contributed by atoms with van der Waals surface area (Å²) in [5.41, 5.74) is -0.986. The van der Waals surface area contributed by atoms with Crippen molar-refractivity contribution in [3.63, 3.8) is 0 Å². The first-order valence-electron chi connectivity index (χ1n) is 4.46. The number of amides is 1. The average Bonchev–Trinajstić information content (AvgIpc) is 2.14. The predicted molar refractivity (Wildman–Crippen MR) is 53.8 cm³/mol. The van der Waals surface area contributed by atoms with Crippen LogP contribution in [0.3, 0.4) is 0 Å². The van der Waals surface area contributed by atoms with Gasteiger partial charge in [-0.15, -0.1) is 0 Å². The molecule has 0 bridgehead atoms. The number of aliphatic carboxylic acids is 1. The first-order valence-corrected chi connectivity index (χ1v) is 4.46. The van der Waals surface area contributed by atoms with Gasteiger partial charge in [0, 0.05) is 12.2 Å². The molecular formula is C10H14N2O3. The monoisotopic (exact) mass is 210 g/mol. The lowest BCUT2D eigenvalue weighted by Crippen LogP contribution is -2.48. The normalized spacial score (nSPS) is 14.6. The van der Waals surface area contributed by atoms with Gasteiger partial charge in [-0.25, -0.2) is 4.79 Å². The van der Waals surface area contributed by atoms with Crippen molar-refractivity contribution >= 4 is 11.9 Å². The molecule has 0 aliphatic rings. The van der Waals surface area contributed by atoms with E-state index in [0.29, 0.717) is 0 Å². The molecule has 15 heavy (non-hydrogen) atoms. The molecule has 0 saturated heterocycles. The number of carbonyl (C=O) groups is 2. The third-order valence-electron chi connectivity index (χ3n) is 2.15. The molecule has 0 aromatic carbocycles. The van der Waals surface area contributed by atoms with Gasteiger partial charge >= 0.3 is 5.97 Å². The fourth-order valence-electron chi connectivity index (χ4n) is 0.746. The molecule has 0 spiro atoms. The van der Waals surface area contributed by atoms with E-state index in [4.69, 9.17) is 10.4 Å². The number of hydrogen-bond donors (Lipinski definition) is 2. The molecule has 0 saturated carbocycles. The van der Waals surface area contributed by atoms with Gasteiger partial charge in [0.15, 0.2) is 0 Å². The maximum atomic E-state index is 11.2. The van der Waals surface area contributed by atoms with Crippen molar-refractivity contribution in [3.05, 3.63) is 12.2 Å². The van der Waals surface area contributed by atoms with Gasteiger partial charge in [0.2, 0.25) is 5.91 Å². The Morgan fingerprint density at radius 2 is 2.00 bits per heavy atom. The van der Waals surface area contributed by atoms with E-state index in [-0.39, 0.29) is 5.92 Å². The van der Waals surface area contributed by atoms with E-state index >= 15 is 0 Å². The lowest BCUT2D eigenvalue weighted by molar-refractivity contribution is -0.131. The third kappa shape index (κ3) is 4.27. The van der Waals surface area contributed by atoms with Gasteiger partial charge in [-0.2, -0.15) is 5.26 Å². The van der Waals surface area contributed by atoms with E-state index in [9.17, 15) is 9.59 Å². The van der Waals surface area contributed by atoms with Crippen LogP contribution in [-0.4, -0.2) is 22.5 Å². The molecule has 1 amide bonds. The van der Waals surface area contributed by atoms with Gasteiger partial charge in [-0.1, -0.05) is 13.8 Å². The highest BCUT2D eigenvalue weighted by molar-refractivity contribution is 5.94. The smallest absolute Gasteiger partial charge is 0.328 e. The second-order valence-electron chi connectivity index (χ2n) is 3.63. The molecule has 0 rings (SSSR count). The van der Waals surface area contributed by atoms with E-state index in [0.717, 1.165) is 12.2 Å². The zero-order chi connectivity index (χ0) is 12.1. The largest absolute Gasteiger partial charge is 0.478 e. The maximum absolute atomic E-state index is 11.2. The average molecular weight is 210 g/mol. The minimum Gasteiger partial charge on any atom is -0.478 e. The van der Waals surface area contributed by atoms with E-state index in [1.807, 2.05) is 6.07 Å². The van der Waals surface area contributed by atoms with Crippen molar-refractivity contribution in [3.8, 4) is 6.07 Å². The van der Waals surface area contributed by atoms with E-state index in [1.165, 1.54) is 0 Å². The first kappa shape index (κ1) is 13.2. The van der Waals surface area contributed by atoms with Crippen LogP contribution in [0.1, 0.15) is 20.8 Å². The quantitative estimate of drug-likeness (QED) is 0.667. The predicted octanol–water partition coefficient (Wildman–Crippen LogP) is 0.682. The Labute approximate surface area is 88.4 Å². The molecule has 2 N–H and O–H groups in total. The summed E-state index contributed by atoms with van der Waals surface area (Å²) >= 11 is 0. The van der Waals surface area contributed by atoms with Gasteiger partial charge in [0.25, 0.3) is 0 Å². The summed E-state index contributed by atoms with van der Waals surface area (Å²) < 4.78 is 0. The van der Waals surface area contributed by atoms with E-state index < -0.39 is 17.4 Å². The molecule has 0 heterocycles. The molecule has 5 heteroatoms. The first-order chi connectivity index (χ1) is 6.81. The fourth-order valence-corrected chi connectivity index (χ4v) is 0.746. The van der Waals surface area contributed by atoms with Crippen molar-refractivity contribution < 1.29 is 14.7 Å². The molecule has 0 aliphatic heterocycles. The van der Waals surface area contributed by atoms with Gasteiger partial charge in [-0.3, -0.25) is 4.79 Å². The number of nitriles is 1. The van der Waals surface area contributed by atoms with Crippen LogP contribution in [0.25, 0.3) is 0 Å². The van der Waals surface area contributed by atoms with Crippen LogP contribution in [0.5, 0.6) is 0 Å². The van der Waals surface area contributed by atoms with Crippen molar-refractivity contribution in [1.82, 2.24) is 5.32 Å². The Bertz CT molecular complexity index is 328. The molecule has 1 unspecified atom stereocenters. The summed E-state index contributed by atoms with van der Waals surface area (Å²) in [6, 6.07) is 1.98. The lowest BCUT2D eigenvalue weighted by atomic mass is 9.90. The van der Waals surface area contributed by atoms with Crippen LogP contribution in [0.2, 0.25) is 0 Å². The van der Waals surface area contributed by atoms with Crippen LogP contribution >= 0.6 is 0 Å². The fraction of sp³-hybridized carbons (Fsp3) is 0.500. The second-order valence-corrected chi connectivity index (χ2v) is 3.63. The van der Waals surface area contributed by atoms with Crippen LogP contribution in [-0.2, 0) is 9.59 Å². The Kier molecular flexibility index (Phi) is 4.52. The summed E-state index contributed by atoms with van der Waals surface area (Å²) in [4.78, 5) is 21.4. The highest BCUT2D eigenvalue weighted by atomic mass is 16.4. The number of carbonyl (C=O) groups excluding carboxylic acids is 1. The van der Waals surface area contributed by atoms with E-state index in [2.05, 4.69) is 5.32 Å². The topological polar surface area (TPSA) is 90.2 Å². The highest BCUT2D eigenvalue weighted by Gasteiger charge is 2.29. The summed E-state index contributed by atoms with van der Waals surface area (Å²) in [6.07, 6.45) is 1.62. The Balaban J connectivity index is 4.53. The Hall–Kier alpha value is -1.83. The highest BCUT2D eigenvalue weighted by Crippen LogP contribution is 2.14. The summed E-state index contributed by atoms with van der Waals surface area (Å²) in [5.74, 6) is -1.85. The molecule has 1 atom stereocenters. The third-order valence-corrected chi connectivity index (χ3v) is 2.15. The van der Waals surface area contributed by atoms with Crippen molar-refractivity contribution in [2.24, 2.45) is 5.92 Å². The van der Waals surface area contributed by atoms with Crippen LogP contribution in [0, 0.1) is 17.2 Å². The molecular weight excluding hydrogens is 196 g/mol. The van der Waals surface area contributed by atoms with Crippen LogP contribution in [0.4, 0.5) is 0 Å². The number of hydrogen-bond acceptors (Lipinski definition) is 3. The molecule has 0 fully saturated rings. The maximum Gasteiger partial charge on any atom is 0.328 e. The summed E-state index contributed by atoms with van der Waals surface area (Å²) in [6.45, 7) is 5.18.